The van der Waals surface area contributed by atoms with Crippen LogP contribution in [0.4, 0.5) is 0 Å². The van der Waals surface area contributed by atoms with E-state index in [9.17, 15) is 9.59 Å². The van der Waals surface area contributed by atoms with Crippen molar-refractivity contribution in [2.75, 3.05) is 0 Å². The minimum absolute atomic E-state index is 0.0882. The first kappa shape index (κ1) is 14.3. The molecule has 0 aliphatic heterocycles. The Hall–Kier alpha value is -2.10. The maximum atomic E-state index is 12.9. The summed E-state index contributed by atoms with van der Waals surface area (Å²) in [6, 6.07) is 9.25. The number of pyridine rings is 1. The average molecular weight is 322 g/mol. The Labute approximate surface area is 140 Å². The molecule has 4 aliphatic rings. The lowest BCUT2D eigenvalue weighted by molar-refractivity contribution is -0.0119. The quantitative estimate of drug-likeness (QED) is 0.892. The summed E-state index contributed by atoms with van der Waals surface area (Å²) in [4.78, 5) is 27.7. The Kier molecular flexibility index (Phi) is 3.09. The van der Waals surface area contributed by atoms with E-state index >= 15 is 0 Å². The van der Waals surface area contributed by atoms with Crippen LogP contribution in [0.2, 0.25) is 0 Å². The van der Waals surface area contributed by atoms with Gasteiger partial charge in [-0.2, -0.15) is 0 Å². The third-order valence-electron chi connectivity index (χ3n) is 6.52. The first-order valence-electron chi connectivity index (χ1n) is 9.10. The number of hydrogen-bond donors (Lipinski definition) is 2. The zero-order valence-corrected chi connectivity index (χ0v) is 13.6. The molecule has 24 heavy (non-hydrogen) atoms. The van der Waals surface area contributed by atoms with Crippen molar-refractivity contribution < 1.29 is 4.79 Å². The highest BCUT2D eigenvalue weighted by Gasteiger charge is 2.48. The van der Waals surface area contributed by atoms with E-state index in [1.165, 1.54) is 38.2 Å². The minimum Gasteiger partial charge on any atom is -0.349 e. The molecule has 0 radical (unpaired) electrons. The Morgan fingerprint density at radius 1 is 1.00 bits per heavy atom. The Morgan fingerprint density at radius 3 is 2.38 bits per heavy atom. The first-order chi connectivity index (χ1) is 11.7. The number of hydrogen-bond acceptors (Lipinski definition) is 2. The third kappa shape index (κ3) is 2.20. The van der Waals surface area contributed by atoms with Gasteiger partial charge in [-0.1, -0.05) is 18.2 Å². The maximum Gasteiger partial charge on any atom is 0.252 e. The first-order valence-corrected chi connectivity index (χ1v) is 9.10. The lowest BCUT2D eigenvalue weighted by atomic mass is 9.54. The summed E-state index contributed by atoms with van der Waals surface area (Å²) >= 11 is 0. The van der Waals surface area contributed by atoms with Crippen molar-refractivity contribution in [2.45, 2.75) is 38.1 Å². The standard InChI is InChI=1S/C20H22N2O2/c23-18-10-16(15-3-1-2-4-17(15)21-18)20(24)22-19-13-6-11-5-12(8-13)9-14(19)7-11/h1-4,10-14,19H,5-9H2,(H,21,23)(H,22,24). The summed E-state index contributed by atoms with van der Waals surface area (Å²) in [6.45, 7) is 0. The fraction of sp³-hybridized carbons (Fsp3) is 0.500. The topological polar surface area (TPSA) is 62.0 Å². The number of fused-ring (bicyclic) bond motifs is 1. The molecule has 6 rings (SSSR count). The molecule has 1 aromatic carbocycles. The summed E-state index contributed by atoms with van der Waals surface area (Å²) in [5.74, 6) is 2.97. The van der Waals surface area contributed by atoms with Crippen molar-refractivity contribution in [2.24, 2.45) is 23.7 Å². The molecule has 4 fully saturated rings. The number of H-pyrrole nitrogens is 1. The molecule has 4 saturated carbocycles. The van der Waals surface area contributed by atoms with E-state index in [1.54, 1.807) is 0 Å². The second kappa shape index (κ2) is 5.20. The molecule has 1 heterocycles. The summed E-state index contributed by atoms with van der Waals surface area (Å²) < 4.78 is 0. The van der Waals surface area contributed by atoms with Crippen molar-refractivity contribution >= 4 is 16.8 Å². The highest BCUT2D eigenvalue weighted by molar-refractivity contribution is 6.06. The van der Waals surface area contributed by atoms with Crippen molar-refractivity contribution in [3.63, 3.8) is 0 Å². The summed E-state index contributed by atoms with van der Waals surface area (Å²) in [5.41, 5.74) is 1.01. The Morgan fingerprint density at radius 2 is 1.67 bits per heavy atom. The van der Waals surface area contributed by atoms with Gasteiger partial charge in [-0.15, -0.1) is 0 Å². The van der Waals surface area contributed by atoms with Gasteiger partial charge in [-0.25, -0.2) is 0 Å². The van der Waals surface area contributed by atoms with Crippen molar-refractivity contribution in [3.05, 3.63) is 46.2 Å². The van der Waals surface area contributed by atoms with E-state index in [-0.39, 0.29) is 11.5 Å². The van der Waals surface area contributed by atoms with Gasteiger partial charge in [0.05, 0.1) is 5.56 Å². The van der Waals surface area contributed by atoms with E-state index in [0.29, 0.717) is 23.4 Å². The molecule has 2 aromatic rings. The van der Waals surface area contributed by atoms with Gasteiger partial charge in [0.25, 0.3) is 5.91 Å². The van der Waals surface area contributed by atoms with Crippen LogP contribution in [0.5, 0.6) is 0 Å². The van der Waals surface area contributed by atoms with E-state index in [1.807, 2.05) is 24.3 Å². The predicted octanol–water partition coefficient (Wildman–Crippen LogP) is 3.08. The molecule has 1 aromatic heterocycles. The van der Waals surface area contributed by atoms with E-state index < -0.39 is 0 Å². The highest BCUT2D eigenvalue weighted by atomic mass is 16.2. The lowest BCUT2D eigenvalue weighted by Crippen LogP contribution is -2.55. The number of para-hydroxylation sites is 1. The van der Waals surface area contributed by atoms with Crippen LogP contribution in [-0.4, -0.2) is 16.9 Å². The smallest absolute Gasteiger partial charge is 0.252 e. The van der Waals surface area contributed by atoms with E-state index in [2.05, 4.69) is 10.3 Å². The molecule has 4 nitrogen and oxygen atoms in total. The van der Waals surface area contributed by atoms with Crippen molar-refractivity contribution in [1.82, 2.24) is 10.3 Å². The highest BCUT2D eigenvalue weighted by Crippen LogP contribution is 2.53. The van der Waals surface area contributed by atoms with Crippen LogP contribution in [0.3, 0.4) is 0 Å². The van der Waals surface area contributed by atoms with Gasteiger partial charge in [-0.05, 0) is 61.8 Å². The molecule has 0 atom stereocenters. The molecule has 4 heteroatoms. The Bertz CT molecular complexity index is 841. The zero-order valence-electron chi connectivity index (χ0n) is 13.6. The van der Waals surface area contributed by atoms with Gasteiger partial charge in [-0.3, -0.25) is 9.59 Å². The number of aromatic nitrogens is 1. The largest absolute Gasteiger partial charge is 0.349 e. The second-order valence-electron chi connectivity index (χ2n) is 8.02. The molecule has 0 spiro atoms. The van der Waals surface area contributed by atoms with Crippen molar-refractivity contribution in [3.8, 4) is 0 Å². The molecule has 0 unspecified atom stereocenters. The van der Waals surface area contributed by atoms with Crippen LogP contribution < -0.4 is 10.9 Å². The van der Waals surface area contributed by atoms with E-state index in [0.717, 1.165) is 22.7 Å². The van der Waals surface area contributed by atoms with Crippen LogP contribution in [0, 0.1) is 23.7 Å². The molecular weight excluding hydrogens is 300 g/mol. The predicted molar refractivity (Wildman–Crippen MR) is 92.9 cm³/mol. The lowest BCUT2D eigenvalue weighted by Gasteiger charge is -2.54. The second-order valence-corrected chi connectivity index (χ2v) is 8.02. The number of rotatable bonds is 2. The molecule has 1 amide bonds. The number of aromatic amines is 1. The summed E-state index contributed by atoms with van der Waals surface area (Å²) in [6.07, 6.45) is 6.50. The average Bonchev–Trinajstić information content (AvgIpc) is 2.56. The number of carbonyl (C=O) groups excluding carboxylic acids is 1. The van der Waals surface area contributed by atoms with Crippen LogP contribution in [0.1, 0.15) is 42.5 Å². The molecule has 2 N–H and O–H groups in total. The van der Waals surface area contributed by atoms with Gasteiger partial charge >= 0.3 is 0 Å². The SMILES string of the molecule is O=C(NC1C2CC3CC(C2)CC1C3)c1cc(=O)[nH]c2ccccc12. The molecule has 0 saturated heterocycles. The van der Waals surface area contributed by atoms with Crippen LogP contribution >= 0.6 is 0 Å². The summed E-state index contributed by atoms with van der Waals surface area (Å²) in [5, 5.41) is 4.12. The fourth-order valence-corrected chi connectivity index (χ4v) is 5.78. The number of amides is 1. The molecule has 4 bridgehead atoms. The van der Waals surface area contributed by atoms with Gasteiger partial charge in [0, 0.05) is 23.0 Å². The van der Waals surface area contributed by atoms with Crippen molar-refractivity contribution in [1.29, 1.82) is 0 Å². The normalized spacial score (nSPS) is 33.8. The van der Waals surface area contributed by atoms with Gasteiger partial charge < -0.3 is 10.3 Å². The fourth-order valence-electron chi connectivity index (χ4n) is 5.78. The number of carbonyl (C=O) groups is 1. The van der Waals surface area contributed by atoms with Crippen LogP contribution in [0.15, 0.2) is 35.1 Å². The number of nitrogens with one attached hydrogen (secondary N) is 2. The zero-order chi connectivity index (χ0) is 16.3. The molecular formula is C20H22N2O2. The Balaban J connectivity index is 1.46. The van der Waals surface area contributed by atoms with Crippen LogP contribution in [0.25, 0.3) is 10.9 Å². The molecule has 124 valence electrons. The number of benzene rings is 1. The van der Waals surface area contributed by atoms with Crippen LogP contribution in [-0.2, 0) is 0 Å². The van der Waals surface area contributed by atoms with Gasteiger partial charge in [0.15, 0.2) is 0 Å². The van der Waals surface area contributed by atoms with Gasteiger partial charge in [0.2, 0.25) is 5.56 Å². The summed E-state index contributed by atoms with van der Waals surface area (Å²) in [7, 11) is 0. The monoisotopic (exact) mass is 322 g/mol. The minimum atomic E-state index is -0.219. The molecule has 4 aliphatic carbocycles. The maximum absolute atomic E-state index is 12.9. The van der Waals surface area contributed by atoms with E-state index in [4.69, 9.17) is 0 Å². The van der Waals surface area contributed by atoms with Gasteiger partial charge in [0.1, 0.15) is 0 Å². The third-order valence-corrected chi connectivity index (χ3v) is 6.52.